The number of anilines is 2. The Morgan fingerprint density at radius 2 is 1.76 bits per heavy atom. The van der Waals surface area contributed by atoms with Crippen molar-refractivity contribution in [2.24, 2.45) is 5.73 Å². The maximum atomic E-state index is 13.5. The first-order valence-corrected chi connectivity index (χ1v) is 11.8. The molecule has 0 aliphatic carbocycles. The molecule has 2 aromatic rings. The SMILES string of the molecule is CCOC(=O)[C@@H](N)C(C(=O)[C@H](C)Nc1ccc(F)cc1)c1cccc(N(CCCl)CCCl)c1. The average Bonchev–Trinajstić information content (AvgIpc) is 2.80. The first kappa shape index (κ1) is 26.9. The van der Waals surface area contributed by atoms with Gasteiger partial charge in [0.1, 0.15) is 11.9 Å². The standard InChI is InChI=1S/C24H30Cl2FN3O3/c1-3-33-24(32)22(28)21(23(31)16(2)29-19-9-7-18(27)8-10-19)17-5-4-6-20(15-17)30(13-11-25)14-12-26/h4-10,15-16,21-22,29H,3,11-14,28H2,1-2H3/t16-,21?,22-/m0/s1. The molecule has 2 aromatic carbocycles. The summed E-state index contributed by atoms with van der Waals surface area (Å²) in [6, 6.07) is 11.1. The summed E-state index contributed by atoms with van der Waals surface area (Å²) in [6.07, 6.45) is 0. The fourth-order valence-electron chi connectivity index (χ4n) is 3.55. The number of hydrogen-bond donors (Lipinski definition) is 2. The van der Waals surface area contributed by atoms with E-state index in [4.69, 9.17) is 33.7 Å². The summed E-state index contributed by atoms with van der Waals surface area (Å²) in [6.45, 7) is 4.65. The number of rotatable bonds is 13. The minimum atomic E-state index is -1.19. The maximum Gasteiger partial charge on any atom is 0.324 e. The third-order valence-electron chi connectivity index (χ3n) is 5.18. The van der Waals surface area contributed by atoms with Gasteiger partial charge in [-0.05, 0) is 55.8 Å². The van der Waals surface area contributed by atoms with Crippen LogP contribution in [-0.2, 0) is 14.3 Å². The number of nitrogens with one attached hydrogen (secondary N) is 1. The molecule has 0 bridgehead atoms. The highest BCUT2D eigenvalue weighted by Crippen LogP contribution is 2.28. The number of nitrogens with zero attached hydrogens (tertiary/aromatic N) is 1. The van der Waals surface area contributed by atoms with Gasteiger partial charge < -0.3 is 20.7 Å². The number of ether oxygens (including phenoxy) is 1. The summed E-state index contributed by atoms with van der Waals surface area (Å²) < 4.78 is 18.3. The Labute approximate surface area is 204 Å². The lowest BCUT2D eigenvalue weighted by molar-refractivity contribution is -0.146. The number of hydrogen-bond acceptors (Lipinski definition) is 6. The Hall–Kier alpha value is -2.35. The summed E-state index contributed by atoms with van der Waals surface area (Å²) in [7, 11) is 0. The Kier molecular flexibility index (Phi) is 10.9. The molecule has 0 radical (unpaired) electrons. The van der Waals surface area contributed by atoms with Gasteiger partial charge >= 0.3 is 5.97 Å². The smallest absolute Gasteiger partial charge is 0.324 e. The van der Waals surface area contributed by atoms with Gasteiger partial charge in [0.2, 0.25) is 0 Å². The van der Waals surface area contributed by atoms with E-state index in [1.807, 2.05) is 17.0 Å². The topological polar surface area (TPSA) is 84.7 Å². The van der Waals surface area contributed by atoms with Crippen LogP contribution >= 0.6 is 23.2 Å². The minimum absolute atomic E-state index is 0.149. The van der Waals surface area contributed by atoms with E-state index in [0.29, 0.717) is 36.1 Å². The predicted molar refractivity (Wildman–Crippen MR) is 132 cm³/mol. The molecule has 6 nitrogen and oxygen atoms in total. The van der Waals surface area contributed by atoms with Crippen molar-refractivity contribution in [3.63, 3.8) is 0 Å². The fraction of sp³-hybridized carbons (Fsp3) is 0.417. The molecule has 0 spiro atoms. The van der Waals surface area contributed by atoms with Crippen LogP contribution in [-0.4, -0.2) is 55.3 Å². The quantitative estimate of drug-likeness (QED) is 0.319. The van der Waals surface area contributed by atoms with Crippen molar-refractivity contribution in [1.29, 1.82) is 0 Å². The third kappa shape index (κ3) is 7.59. The molecule has 0 heterocycles. The number of ketones is 1. The van der Waals surface area contributed by atoms with Crippen LogP contribution in [0.5, 0.6) is 0 Å². The van der Waals surface area contributed by atoms with Gasteiger partial charge in [0.05, 0.1) is 18.6 Å². The summed E-state index contributed by atoms with van der Waals surface area (Å²) in [5, 5.41) is 3.05. The molecule has 2 rings (SSSR count). The maximum absolute atomic E-state index is 13.5. The van der Waals surface area contributed by atoms with Crippen molar-refractivity contribution >= 4 is 46.3 Å². The number of esters is 1. The number of alkyl halides is 2. The highest BCUT2D eigenvalue weighted by atomic mass is 35.5. The van der Waals surface area contributed by atoms with E-state index in [0.717, 1.165) is 5.69 Å². The third-order valence-corrected chi connectivity index (χ3v) is 5.52. The van der Waals surface area contributed by atoms with Gasteiger partial charge in [0, 0.05) is 36.2 Å². The lowest BCUT2D eigenvalue weighted by atomic mass is 9.85. The molecule has 0 aliphatic rings. The second kappa shape index (κ2) is 13.4. The zero-order valence-electron chi connectivity index (χ0n) is 18.8. The summed E-state index contributed by atoms with van der Waals surface area (Å²) >= 11 is 11.9. The molecule has 0 amide bonds. The van der Waals surface area contributed by atoms with Crippen LogP contribution in [0.4, 0.5) is 15.8 Å². The number of nitrogens with two attached hydrogens (primary N) is 1. The molecule has 3 atom stereocenters. The molecule has 33 heavy (non-hydrogen) atoms. The van der Waals surface area contributed by atoms with Crippen LogP contribution < -0.4 is 16.0 Å². The van der Waals surface area contributed by atoms with Crippen LogP contribution in [0.3, 0.4) is 0 Å². The van der Waals surface area contributed by atoms with Crippen LogP contribution in [0.25, 0.3) is 0 Å². The lowest BCUT2D eigenvalue weighted by Crippen LogP contribution is -2.45. The highest BCUT2D eigenvalue weighted by molar-refractivity contribution is 6.18. The number of carbonyl (C=O) groups excluding carboxylic acids is 2. The number of Topliss-reactive ketones (excluding diaryl/α,β-unsaturated/α-hetero) is 1. The largest absolute Gasteiger partial charge is 0.465 e. The van der Waals surface area contributed by atoms with Crippen molar-refractivity contribution in [1.82, 2.24) is 0 Å². The fourth-order valence-corrected chi connectivity index (χ4v) is 3.96. The monoisotopic (exact) mass is 497 g/mol. The van der Waals surface area contributed by atoms with Crippen molar-refractivity contribution in [2.45, 2.75) is 31.8 Å². The van der Waals surface area contributed by atoms with Gasteiger partial charge in [-0.15, -0.1) is 23.2 Å². The van der Waals surface area contributed by atoms with E-state index in [2.05, 4.69) is 5.32 Å². The van der Waals surface area contributed by atoms with Crippen molar-refractivity contribution < 1.29 is 18.7 Å². The predicted octanol–water partition coefficient (Wildman–Crippen LogP) is 4.15. The Bertz CT molecular complexity index is 908. The molecule has 180 valence electrons. The molecule has 9 heteroatoms. The normalized spacial score (nSPS) is 13.6. The van der Waals surface area contributed by atoms with Crippen LogP contribution in [0.2, 0.25) is 0 Å². The van der Waals surface area contributed by atoms with Gasteiger partial charge in [-0.25, -0.2) is 4.39 Å². The average molecular weight is 498 g/mol. The van der Waals surface area contributed by atoms with Crippen molar-refractivity contribution in [3.8, 4) is 0 Å². The zero-order chi connectivity index (χ0) is 24.4. The molecule has 0 fully saturated rings. The van der Waals surface area contributed by atoms with Gasteiger partial charge in [0.25, 0.3) is 0 Å². The van der Waals surface area contributed by atoms with Crippen LogP contribution in [0.15, 0.2) is 48.5 Å². The molecular formula is C24H30Cl2FN3O3. The second-order valence-corrected chi connectivity index (χ2v) is 8.25. The van der Waals surface area contributed by atoms with E-state index < -0.39 is 24.0 Å². The van der Waals surface area contributed by atoms with Crippen molar-refractivity contribution in [2.75, 3.05) is 41.7 Å². The molecule has 3 N–H and O–H groups in total. The van der Waals surface area contributed by atoms with Crippen LogP contribution in [0.1, 0.15) is 25.3 Å². The summed E-state index contributed by atoms with van der Waals surface area (Å²) in [5.74, 6) is -1.47. The van der Waals surface area contributed by atoms with E-state index in [1.165, 1.54) is 24.3 Å². The first-order chi connectivity index (χ1) is 15.8. The molecule has 1 unspecified atom stereocenters. The van der Waals surface area contributed by atoms with E-state index in [9.17, 15) is 14.0 Å². The van der Waals surface area contributed by atoms with E-state index in [1.54, 1.807) is 26.0 Å². The van der Waals surface area contributed by atoms with Crippen molar-refractivity contribution in [3.05, 3.63) is 59.9 Å². The molecule has 0 saturated heterocycles. The minimum Gasteiger partial charge on any atom is -0.465 e. The summed E-state index contributed by atoms with van der Waals surface area (Å²) in [5.41, 5.74) is 8.22. The van der Waals surface area contributed by atoms with Crippen LogP contribution in [0, 0.1) is 5.82 Å². The Balaban J connectivity index is 2.39. The Morgan fingerprint density at radius 3 is 2.33 bits per heavy atom. The Morgan fingerprint density at radius 1 is 1.12 bits per heavy atom. The lowest BCUT2D eigenvalue weighted by Gasteiger charge is -2.28. The van der Waals surface area contributed by atoms with Gasteiger partial charge in [-0.3, -0.25) is 9.59 Å². The number of benzene rings is 2. The molecular weight excluding hydrogens is 468 g/mol. The molecule has 0 aromatic heterocycles. The summed E-state index contributed by atoms with van der Waals surface area (Å²) in [4.78, 5) is 28.0. The van der Waals surface area contributed by atoms with Gasteiger partial charge in [-0.1, -0.05) is 12.1 Å². The van der Waals surface area contributed by atoms with Gasteiger partial charge in [0.15, 0.2) is 5.78 Å². The molecule has 0 saturated carbocycles. The number of halogens is 3. The zero-order valence-corrected chi connectivity index (χ0v) is 20.3. The first-order valence-electron chi connectivity index (χ1n) is 10.8. The van der Waals surface area contributed by atoms with E-state index in [-0.39, 0.29) is 18.2 Å². The second-order valence-electron chi connectivity index (χ2n) is 7.49. The van der Waals surface area contributed by atoms with E-state index >= 15 is 0 Å². The highest BCUT2D eigenvalue weighted by Gasteiger charge is 2.36. The number of carbonyl (C=O) groups is 2. The van der Waals surface area contributed by atoms with Gasteiger partial charge in [-0.2, -0.15) is 0 Å². The molecule has 0 aliphatic heterocycles.